The molecule has 0 aliphatic carbocycles. The van der Waals surface area contributed by atoms with Gasteiger partial charge in [0.05, 0.1) is 0 Å². The zero-order chi connectivity index (χ0) is 22.6. The van der Waals surface area contributed by atoms with Crippen molar-refractivity contribution in [2.75, 3.05) is 20.3 Å². The van der Waals surface area contributed by atoms with E-state index in [2.05, 4.69) is 44.6 Å². The van der Waals surface area contributed by atoms with E-state index in [4.69, 9.17) is 0 Å². The Kier molecular flexibility index (Phi) is 9.23. The summed E-state index contributed by atoms with van der Waals surface area (Å²) >= 11 is 0. The van der Waals surface area contributed by atoms with Crippen LogP contribution in [0, 0.1) is 5.92 Å². The van der Waals surface area contributed by atoms with Gasteiger partial charge < -0.3 is 10.2 Å². The minimum absolute atomic E-state index is 0.00415. The molecular formula is C21H34BF4N2P. The molecule has 0 spiro atoms. The molecule has 3 unspecified atom stereocenters. The summed E-state index contributed by atoms with van der Waals surface area (Å²) in [7, 11) is 4.69. The first-order valence-electron chi connectivity index (χ1n) is 9.94. The van der Waals surface area contributed by atoms with Crippen molar-refractivity contribution in [2.24, 2.45) is 5.92 Å². The van der Waals surface area contributed by atoms with Crippen LogP contribution >= 0.6 is 9.24 Å². The van der Waals surface area contributed by atoms with Gasteiger partial charge in [0, 0.05) is 24.2 Å². The highest BCUT2D eigenvalue weighted by Gasteiger charge is 2.29. The number of hydrogen-bond acceptors (Lipinski definition) is 2. The second-order valence-electron chi connectivity index (χ2n) is 8.25. The van der Waals surface area contributed by atoms with Gasteiger partial charge in [0.1, 0.15) is 6.67 Å². The minimum atomic E-state index is -2.96. The summed E-state index contributed by atoms with van der Waals surface area (Å²) in [5.74, 6) is -2.69. The second-order valence-corrected chi connectivity index (χ2v) is 9.16. The smallest absolute Gasteiger partial charge is 0.211 e. The maximum Gasteiger partial charge on any atom is 0.211 e. The first-order valence-corrected chi connectivity index (χ1v) is 10.5. The fraction of sp³-hybridized carbons (Fsp3) is 0.619. The lowest BCUT2D eigenvalue weighted by atomic mass is 9.89. The molecule has 0 aliphatic heterocycles. The number of hydrogen-bond donors (Lipinski definition) is 1. The van der Waals surface area contributed by atoms with E-state index in [1.165, 1.54) is 12.1 Å². The van der Waals surface area contributed by atoms with Crippen LogP contribution in [0.15, 0.2) is 24.8 Å². The van der Waals surface area contributed by atoms with Gasteiger partial charge in [-0.2, -0.15) is 0 Å². The highest BCUT2D eigenvalue weighted by atomic mass is 31.0. The molecule has 0 fully saturated rings. The molecule has 0 aromatic heterocycles. The molecule has 8 heteroatoms. The van der Waals surface area contributed by atoms with Gasteiger partial charge >= 0.3 is 0 Å². The molecule has 0 bridgehead atoms. The number of halogens is 4. The summed E-state index contributed by atoms with van der Waals surface area (Å²) in [5, 5.41) is 0.983. The van der Waals surface area contributed by atoms with Crippen LogP contribution in [-0.4, -0.2) is 50.9 Å². The van der Waals surface area contributed by atoms with Crippen molar-refractivity contribution in [3.63, 3.8) is 0 Å². The Labute approximate surface area is 176 Å². The lowest BCUT2D eigenvalue weighted by Gasteiger charge is -2.34. The zero-order valence-electron chi connectivity index (χ0n) is 18.3. The van der Waals surface area contributed by atoms with E-state index >= 15 is 0 Å². The number of alkyl halides is 4. The third kappa shape index (κ3) is 7.60. The van der Waals surface area contributed by atoms with E-state index in [1.54, 1.807) is 6.07 Å². The molecule has 29 heavy (non-hydrogen) atoms. The largest absolute Gasteiger partial charge is 0.382 e. The lowest BCUT2D eigenvalue weighted by Crippen LogP contribution is -2.43. The average molecular weight is 432 g/mol. The Morgan fingerprint density at radius 2 is 1.83 bits per heavy atom. The van der Waals surface area contributed by atoms with Crippen molar-refractivity contribution in [2.45, 2.75) is 57.4 Å². The molecule has 1 rings (SSSR count). The van der Waals surface area contributed by atoms with Crippen LogP contribution < -0.4 is 5.32 Å². The van der Waals surface area contributed by atoms with E-state index in [1.807, 2.05) is 16.2 Å². The first-order chi connectivity index (χ1) is 13.2. The van der Waals surface area contributed by atoms with Crippen LogP contribution in [0.1, 0.15) is 44.4 Å². The molecule has 1 aromatic rings. The maximum atomic E-state index is 14.6. The Morgan fingerprint density at radius 1 is 1.24 bits per heavy atom. The van der Waals surface area contributed by atoms with Crippen LogP contribution in [0.4, 0.5) is 17.6 Å². The molecule has 164 valence electrons. The Morgan fingerprint density at radius 3 is 2.31 bits per heavy atom. The topological polar surface area (TPSA) is 15.3 Å². The summed E-state index contributed by atoms with van der Waals surface area (Å²) in [6, 6.07) is 4.68. The minimum Gasteiger partial charge on any atom is -0.382 e. The van der Waals surface area contributed by atoms with Gasteiger partial charge in [0.25, 0.3) is 0 Å². The van der Waals surface area contributed by atoms with Gasteiger partial charge in [-0.25, -0.2) is 17.6 Å². The van der Waals surface area contributed by atoms with Crippen molar-refractivity contribution < 1.29 is 17.6 Å². The van der Waals surface area contributed by atoms with Gasteiger partial charge in [-0.3, -0.25) is 0 Å². The monoisotopic (exact) mass is 432 g/mol. The molecular weight excluding hydrogens is 398 g/mol. The van der Waals surface area contributed by atoms with Crippen LogP contribution in [0.2, 0.25) is 0 Å². The fourth-order valence-electron chi connectivity index (χ4n) is 3.24. The van der Waals surface area contributed by atoms with E-state index in [-0.39, 0.29) is 23.1 Å². The van der Waals surface area contributed by atoms with E-state index in [0.29, 0.717) is 17.3 Å². The Balaban J connectivity index is 3.16. The fourth-order valence-corrected chi connectivity index (χ4v) is 3.41. The molecule has 0 saturated heterocycles. The third-order valence-electron chi connectivity index (χ3n) is 5.68. The number of nitrogens with zero attached hydrogens (tertiary/aromatic N) is 1. The lowest BCUT2D eigenvalue weighted by molar-refractivity contribution is 0.0959. The van der Waals surface area contributed by atoms with Gasteiger partial charge in [-0.05, 0) is 62.2 Å². The molecule has 5 atom stereocenters. The highest BCUT2D eigenvalue weighted by Crippen LogP contribution is 2.36. The number of benzene rings is 1. The van der Waals surface area contributed by atoms with Crippen molar-refractivity contribution in [3.8, 4) is 0 Å². The molecule has 1 aromatic carbocycles. The highest BCUT2D eigenvalue weighted by molar-refractivity contribution is 7.18. The molecule has 1 N–H and O–H groups in total. The molecule has 2 nitrogen and oxygen atoms in total. The number of rotatable bonds is 11. The van der Waals surface area contributed by atoms with Crippen molar-refractivity contribution in [1.29, 1.82) is 0 Å². The molecule has 0 amide bonds. The van der Waals surface area contributed by atoms with Crippen LogP contribution in [0.3, 0.4) is 0 Å². The normalized spacial score (nSPS) is 17.5. The molecule has 0 saturated carbocycles. The predicted molar refractivity (Wildman–Crippen MR) is 121 cm³/mol. The standard InChI is InChI=1S/C21H34BF4N2P/c1-7-28(6)16(5)13(2)14(3)27-15(4)18-8-17(11-21(22,25)26)9-19(10-18)20(24,29)12-23/h8-10,13-14,16,27H,4,7,11-12,22,29H2,1-3,5-6H3/t13-,14+,16?,20?/m1/s1. The van der Waals surface area contributed by atoms with Crippen molar-refractivity contribution in [3.05, 3.63) is 41.5 Å². The van der Waals surface area contributed by atoms with E-state index in [0.717, 1.165) is 14.4 Å². The molecule has 0 heterocycles. The SMILES string of the molecule is BC(F)(F)Cc1cc(C(=C)N[C@@H](C)[C@@H](C)C(C)N(C)CC)cc(C(F)(P)CF)c1. The van der Waals surface area contributed by atoms with Gasteiger partial charge in [0.15, 0.2) is 13.3 Å². The second kappa shape index (κ2) is 10.3. The quantitative estimate of drug-likeness (QED) is 0.318. The first kappa shape index (κ1) is 26.0. The maximum absolute atomic E-state index is 14.6. The summed E-state index contributed by atoms with van der Waals surface area (Å²) in [6.07, 6.45) is -0.557. The number of nitrogens with one attached hydrogen (secondary N) is 1. The van der Waals surface area contributed by atoms with Gasteiger partial charge in [-0.15, -0.1) is 0 Å². The van der Waals surface area contributed by atoms with E-state index < -0.39 is 24.3 Å². The predicted octanol–water partition coefficient (Wildman–Crippen LogP) is 4.35. The summed E-state index contributed by atoms with van der Waals surface area (Å²) in [4.78, 5) is 2.24. The Bertz CT molecular complexity index is 694. The van der Waals surface area contributed by atoms with Gasteiger partial charge in [-0.1, -0.05) is 35.7 Å². The van der Waals surface area contributed by atoms with Gasteiger partial charge in [0.2, 0.25) is 5.82 Å². The van der Waals surface area contributed by atoms with Crippen molar-refractivity contribution >= 4 is 22.8 Å². The van der Waals surface area contributed by atoms with Crippen LogP contribution in [0.25, 0.3) is 5.70 Å². The third-order valence-corrected chi connectivity index (χ3v) is 6.16. The molecule has 0 radical (unpaired) electrons. The summed E-state index contributed by atoms with van der Waals surface area (Å²) in [5.41, 5.74) is 1.23. The van der Waals surface area contributed by atoms with Crippen LogP contribution in [-0.2, 0) is 11.8 Å². The summed E-state index contributed by atoms with van der Waals surface area (Å²) < 4.78 is 54.9. The molecule has 0 aliphatic rings. The summed E-state index contributed by atoms with van der Waals surface area (Å²) in [6.45, 7) is 12.1. The van der Waals surface area contributed by atoms with Crippen molar-refractivity contribution in [1.82, 2.24) is 10.2 Å². The zero-order valence-corrected chi connectivity index (χ0v) is 19.5. The van der Waals surface area contributed by atoms with E-state index in [9.17, 15) is 17.6 Å². The Hall–Kier alpha value is -1.07. The average Bonchev–Trinajstić information content (AvgIpc) is 2.64. The van der Waals surface area contributed by atoms with Crippen LogP contribution in [0.5, 0.6) is 0 Å².